The van der Waals surface area contributed by atoms with Gasteiger partial charge in [0, 0.05) is 62.5 Å². The molecule has 2 aromatic heterocycles. The van der Waals surface area contributed by atoms with Crippen LogP contribution in [0.15, 0.2) is 36.9 Å². The van der Waals surface area contributed by atoms with E-state index in [0.29, 0.717) is 10.2 Å². The summed E-state index contributed by atoms with van der Waals surface area (Å²) in [7, 11) is 0. The maximum Gasteiger partial charge on any atom is 0.166 e. The second kappa shape index (κ2) is 15.1. The molecule has 2 heterocycles. The number of rotatable bonds is 14. The van der Waals surface area contributed by atoms with Crippen LogP contribution in [0.5, 0.6) is 0 Å². The first-order valence-electron chi connectivity index (χ1n) is 9.82. The number of thioether (sulfide) groups is 2. The molecule has 0 aromatic carbocycles. The number of nitrogens with two attached hydrogens (primary N) is 2. The van der Waals surface area contributed by atoms with E-state index in [2.05, 4.69) is 19.9 Å². The first-order chi connectivity index (χ1) is 15.1. The van der Waals surface area contributed by atoms with E-state index in [0.717, 1.165) is 67.3 Å². The molecule has 0 saturated carbocycles. The summed E-state index contributed by atoms with van der Waals surface area (Å²) in [6, 6.07) is 3.63. The zero-order valence-electron chi connectivity index (χ0n) is 17.3. The first kappa shape index (κ1) is 25.5. The molecular formula is C19H28N8S4. The monoisotopic (exact) mass is 496 g/mol. The van der Waals surface area contributed by atoms with Gasteiger partial charge in [-0.3, -0.25) is 0 Å². The first-order valence-corrected chi connectivity index (χ1v) is 12.9. The Morgan fingerprint density at radius 3 is 1.45 bits per heavy atom. The third kappa shape index (κ3) is 10.9. The standard InChI is InChI=1S/C19H28N8S4/c20-18(28)26(10-12-30-14-16-22-4-1-5-23-16)8-3-9-27(19(21)29)11-13-31-15-17-24-6-2-7-25-17/h1-2,4-7H,3,8-15H2,(H2,20,28)(H2,21,29). The summed E-state index contributed by atoms with van der Waals surface area (Å²) in [5.74, 6) is 5.00. The quantitative estimate of drug-likeness (QED) is 0.294. The molecule has 0 bridgehead atoms. The van der Waals surface area contributed by atoms with Crippen LogP contribution >= 0.6 is 48.0 Å². The molecule has 0 radical (unpaired) electrons. The Bertz CT molecular complexity index is 715. The lowest BCUT2D eigenvalue weighted by atomic mass is 10.3. The van der Waals surface area contributed by atoms with Crippen molar-refractivity contribution in [2.75, 3.05) is 37.7 Å². The van der Waals surface area contributed by atoms with Gasteiger partial charge < -0.3 is 21.3 Å². The normalized spacial score (nSPS) is 10.6. The van der Waals surface area contributed by atoms with Crippen LogP contribution in [-0.4, -0.2) is 77.6 Å². The summed E-state index contributed by atoms with van der Waals surface area (Å²) in [5.41, 5.74) is 11.8. The number of thiocarbonyl (C=S) groups is 2. The molecule has 31 heavy (non-hydrogen) atoms. The Labute approximate surface area is 203 Å². The molecule has 8 nitrogen and oxygen atoms in total. The van der Waals surface area contributed by atoms with Crippen LogP contribution in [0.25, 0.3) is 0 Å². The van der Waals surface area contributed by atoms with E-state index in [4.69, 9.17) is 35.9 Å². The van der Waals surface area contributed by atoms with Gasteiger partial charge in [-0.05, 0) is 43.0 Å². The van der Waals surface area contributed by atoms with Crippen LogP contribution in [0.2, 0.25) is 0 Å². The van der Waals surface area contributed by atoms with Crippen LogP contribution in [-0.2, 0) is 11.5 Å². The van der Waals surface area contributed by atoms with Gasteiger partial charge in [0.1, 0.15) is 11.6 Å². The maximum absolute atomic E-state index is 5.90. The van der Waals surface area contributed by atoms with Crippen molar-refractivity contribution < 1.29 is 0 Å². The second-order valence-corrected chi connectivity index (χ2v) is 9.49. The lowest BCUT2D eigenvalue weighted by Gasteiger charge is -2.26. The van der Waals surface area contributed by atoms with Crippen molar-refractivity contribution in [1.82, 2.24) is 29.7 Å². The fourth-order valence-corrected chi connectivity index (χ4v) is 4.62. The molecule has 12 heteroatoms. The third-order valence-corrected chi connectivity index (χ3v) is 6.57. The molecule has 0 fully saturated rings. The molecule has 4 N–H and O–H groups in total. The largest absolute Gasteiger partial charge is 0.376 e. The Morgan fingerprint density at radius 2 is 1.10 bits per heavy atom. The molecule has 168 valence electrons. The predicted molar refractivity (Wildman–Crippen MR) is 138 cm³/mol. The van der Waals surface area contributed by atoms with Gasteiger partial charge in [0.2, 0.25) is 0 Å². The van der Waals surface area contributed by atoms with Gasteiger partial charge in [0.05, 0.1) is 11.5 Å². The van der Waals surface area contributed by atoms with Gasteiger partial charge in [-0.25, -0.2) is 19.9 Å². The van der Waals surface area contributed by atoms with Gasteiger partial charge in [-0.15, -0.1) is 0 Å². The minimum absolute atomic E-state index is 0.414. The summed E-state index contributed by atoms with van der Waals surface area (Å²) in [4.78, 5) is 21.0. The number of aromatic nitrogens is 4. The van der Waals surface area contributed by atoms with Gasteiger partial charge in [0.25, 0.3) is 0 Å². The Kier molecular flexibility index (Phi) is 12.4. The molecule has 0 aliphatic carbocycles. The van der Waals surface area contributed by atoms with E-state index in [1.54, 1.807) is 48.3 Å². The molecule has 0 amide bonds. The number of hydrogen-bond donors (Lipinski definition) is 2. The molecule has 0 atom stereocenters. The van der Waals surface area contributed by atoms with Crippen molar-refractivity contribution in [3.8, 4) is 0 Å². The average molecular weight is 497 g/mol. The molecule has 2 aromatic rings. The lowest BCUT2D eigenvalue weighted by Crippen LogP contribution is -2.41. The molecule has 0 aliphatic heterocycles. The smallest absolute Gasteiger partial charge is 0.166 e. The van der Waals surface area contributed by atoms with Gasteiger partial charge in [0.15, 0.2) is 10.2 Å². The van der Waals surface area contributed by atoms with E-state index in [1.165, 1.54) is 0 Å². The second-order valence-electron chi connectivity index (χ2n) is 6.44. The summed E-state index contributed by atoms with van der Waals surface area (Å²) in [6.07, 6.45) is 7.89. The Balaban J connectivity index is 1.64. The van der Waals surface area contributed by atoms with Crippen LogP contribution in [0, 0.1) is 0 Å². The topological polar surface area (TPSA) is 110 Å². The number of hydrogen-bond acceptors (Lipinski definition) is 8. The van der Waals surface area contributed by atoms with E-state index in [9.17, 15) is 0 Å². The van der Waals surface area contributed by atoms with E-state index in [1.807, 2.05) is 21.9 Å². The van der Waals surface area contributed by atoms with Crippen LogP contribution in [0.3, 0.4) is 0 Å². The zero-order valence-corrected chi connectivity index (χ0v) is 20.6. The third-order valence-electron chi connectivity index (χ3n) is 4.19. The fourth-order valence-electron chi connectivity index (χ4n) is 2.60. The van der Waals surface area contributed by atoms with Gasteiger partial charge in [-0.1, -0.05) is 0 Å². The molecular weight excluding hydrogens is 469 g/mol. The van der Waals surface area contributed by atoms with E-state index >= 15 is 0 Å². The Morgan fingerprint density at radius 1 is 0.710 bits per heavy atom. The predicted octanol–water partition coefficient (Wildman–Crippen LogP) is 1.91. The molecule has 0 saturated heterocycles. The van der Waals surface area contributed by atoms with Crippen molar-refractivity contribution >= 4 is 58.2 Å². The lowest BCUT2D eigenvalue weighted by molar-refractivity contribution is 0.377. The van der Waals surface area contributed by atoms with Crippen LogP contribution in [0.4, 0.5) is 0 Å². The highest BCUT2D eigenvalue weighted by molar-refractivity contribution is 7.98. The van der Waals surface area contributed by atoms with E-state index < -0.39 is 0 Å². The van der Waals surface area contributed by atoms with Crippen LogP contribution in [0.1, 0.15) is 18.1 Å². The average Bonchev–Trinajstić information content (AvgIpc) is 2.77. The van der Waals surface area contributed by atoms with Crippen molar-refractivity contribution in [1.29, 1.82) is 0 Å². The van der Waals surface area contributed by atoms with Crippen molar-refractivity contribution in [3.63, 3.8) is 0 Å². The number of nitrogens with zero attached hydrogens (tertiary/aromatic N) is 6. The SMILES string of the molecule is NC(=S)N(CCCN(CCSCc1ncccn1)C(N)=S)CCSCc1ncccn1. The fraction of sp³-hybridized carbons (Fsp3) is 0.474. The van der Waals surface area contributed by atoms with Crippen molar-refractivity contribution in [2.45, 2.75) is 17.9 Å². The van der Waals surface area contributed by atoms with E-state index in [-0.39, 0.29) is 0 Å². The highest BCUT2D eigenvalue weighted by atomic mass is 32.2. The van der Waals surface area contributed by atoms with Crippen molar-refractivity contribution in [2.24, 2.45) is 11.5 Å². The molecule has 0 aliphatic rings. The minimum atomic E-state index is 0.414. The minimum Gasteiger partial charge on any atom is -0.376 e. The summed E-state index contributed by atoms with van der Waals surface area (Å²) < 4.78 is 0. The highest BCUT2D eigenvalue weighted by Crippen LogP contribution is 2.10. The van der Waals surface area contributed by atoms with Crippen LogP contribution < -0.4 is 11.5 Å². The van der Waals surface area contributed by atoms with Crippen molar-refractivity contribution in [3.05, 3.63) is 48.6 Å². The summed E-state index contributed by atoms with van der Waals surface area (Å²) in [6.45, 7) is 3.10. The molecule has 0 unspecified atom stereocenters. The maximum atomic E-state index is 5.90. The summed E-state index contributed by atoms with van der Waals surface area (Å²) >= 11 is 14.0. The molecule has 2 rings (SSSR count). The van der Waals surface area contributed by atoms with Gasteiger partial charge >= 0.3 is 0 Å². The Hall–Kier alpha value is -1.76. The molecule has 0 spiro atoms. The van der Waals surface area contributed by atoms with Gasteiger partial charge in [-0.2, -0.15) is 23.5 Å². The highest BCUT2D eigenvalue weighted by Gasteiger charge is 2.10. The zero-order chi connectivity index (χ0) is 22.3. The summed E-state index contributed by atoms with van der Waals surface area (Å²) in [5, 5.41) is 0.828.